The van der Waals surface area contributed by atoms with Gasteiger partial charge in [0.15, 0.2) is 0 Å². The zero-order chi connectivity index (χ0) is 13.8. The molecule has 0 bridgehead atoms. The van der Waals surface area contributed by atoms with Crippen LogP contribution in [0.2, 0.25) is 0 Å². The lowest BCUT2D eigenvalue weighted by Gasteiger charge is -2.26. The van der Waals surface area contributed by atoms with Crippen molar-refractivity contribution in [1.82, 2.24) is 4.90 Å². The fraction of sp³-hybridized carbons (Fsp3) is 0.286. The number of hydrogen-bond acceptors (Lipinski definition) is 3. The maximum absolute atomic E-state index is 5.95. The Kier molecular flexibility index (Phi) is 5.59. The number of hydrogen-bond donors (Lipinski definition) is 1. The predicted octanol–water partition coefficient (Wildman–Crippen LogP) is 4.40. The van der Waals surface area contributed by atoms with Gasteiger partial charge in [0.2, 0.25) is 0 Å². The molecule has 2 rings (SSSR count). The summed E-state index contributed by atoms with van der Waals surface area (Å²) in [6.45, 7) is 1.51. The second kappa shape index (κ2) is 6.99. The molecule has 2 nitrogen and oxygen atoms in total. The molecule has 1 aromatic carbocycles. The summed E-state index contributed by atoms with van der Waals surface area (Å²) in [5, 5.41) is 0. The van der Waals surface area contributed by atoms with Crippen molar-refractivity contribution >= 4 is 43.2 Å². The van der Waals surface area contributed by atoms with Gasteiger partial charge in [-0.25, -0.2) is 0 Å². The third-order valence-corrected chi connectivity index (χ3v) is 6.38. The van der Waals surface area contributed by atoms with Crippen LogP contribution in [-0.2, 0) is 6.54 Å². The molecule has 1 atom stereocenters. The molecule has 19 heavy (non-hydrogen) atoms. The quantitative estimate of drug-likeness (QED) is 0.801. The molecule has 0 saturated heterocycles. The molecule has 1 unspecified atom stereocenters. The largest absolute Gasteiger partial charge is 0.329 e. The molecule has 0 amide bonds. The van der Waals surface area contributed by atoms with Gasteiger partial charge in [0.25, 0.3) is 0 Å². The summed E-state index contributed by atoms with van der Waals surface area (Å²) in [5.41, 5.74) is 7.26. The van der Waals surface area contributed by atoms with Gasteiger partial charge >= 0.3 is 0 Å². The molecule has 1 aromatic heterocycles. The summed E-state index contributed by atoms with van der Waals surface area (Å²) >= 11 is 8.81. The fourth-order valence-corrected chi connectivity index (χ4v) is 4.29. The highest BCUT2D eigenvalue weighted by Crippen LogP contribution is 2.37. The number of halogens is 2. The molecule has 0 aliphatic carbocycles. The van der Waals surface area contributed by atoms with Gasteiger partial charge in [0.1, 0.15) is 0 Å². The van der Waals surface area contributed by atoms with E-state index in [1.165, 1.54) is 10.4 Å². The first-order valence-electron chi connectivity index (χ1n) is 6.00. The Morgan fingerprint density at radius 2 is 1.95 bits per heavy atom. The normalized spacial score (nSPS) is 12.9. The molecule has 1 heterocycles. The molecule has 0 radical (unpaired) electrons. The lowest BCUT2D eigenvalue weighted by atomic mass is 10.1. The Balaban J connectivity index is 2.13. The van der Waals surface area contributed by atoms with Crippen LogP contribution < -0.4 is 5.73 Å². The van der Waals surface area contributed by atoms with Crippen LogP contribution in [0, 0.1) is 0 Å². The molecule has 2 aromatic rings. The predicted molar refractivity (Wildman–Crippen MR) is 89.4 cm³/mol. The van der Waals surface area contributed by atoms with Crippen molar-refractivity contribution in [3.05, 3.63) is 55.1 Å². The van der Waals surface area contributed by atoms with Crippen molar-refractivity contribution in [3.63, 3.8) is 0 Å². The van der Waals surface area contributed by atoms with Crippen LogP contribution in [0.25, 0.3) is 0 Å². The van der Waals surface area contributed by atoms with Gasteiger partial charge in [-0.2, -0.15) is 0 Å². The molecule has 0 aliphatic heterocycles. The van der Waals surface area contributed by atoms with Gasteiger partial charge in [0, 0.05) is 22.4 Å². The van der Waals surface area contributed by atoms with E-state index in [1.54, 1.807) is 11.3 Å². The smallest absolute Gasteiger partial charge is 0.0843 e. The minimum atomic E-state index is 0.243. The van der Waals surface area contributed by atoms with Gasteiger partial charge in [-0.15, -0.1) is 11.3 Å². The van der Waals surface area contributed by atoms with Crippen LogP contribution in [0.15, 0.2) is 44.7 Å². The Morgan fingerprint density at radius 1 is 1.26 bits per heavy atom. The van der Waals surface area contributed by atoms with E-state index in [-0.39, 0.29) is 6.04 Å². The van der Waals surface area contributed by atoms with Gasteiger partial charge in [-0.1, -0.05) is 30.3 Å². The Bertz CT molecular complexity index is 508. The summed E-state index contributed by atoms with van der Waals surface area (Å²) in [6.07, 6.45) is 0. The average molecular weight is 404 g/mol. The lowest BCUT2D eigenvalue weighted by Crippen LogP contribution is -2.29. The molecule has 0 aliphatic rings. The van der Waals surface area contributed by atoms with Crippen molar-refractivity contribution < 1.29 is 0 Å². The van der Waals surface area contributed by atoms with Crippen molar-refractivity contribution in [3.8, 4) is 0 Å². The zero-order valence-corrected chi connectivity index (χ0v) is 14.6. The van der Waals surface area contributed by atoms with Crippen LogP contribution in [-0.4, -0.2) is 18.5 Å². The molecular weight excluding hydrogens is 388 g/mol. The summed E-state index contributed by atoms with van der Waals surface area (Å²) in [4.78, 5) is 3.57. The SMILES string of the molecule is CN(Cc1ccccc1)C(CN)c1cc(Br)c(Br)s1. The Morgan fingerprint density at radius 3 is 2.47 bits per heavy atom. The monoisotopic (exact) mass is 402 g/mol. The van der Waals surface area contributed by atoms with Gasteiger partial charge in [0.05, 0.1) is 9.83 Å². The summed E-state index contributed by atoms with van der Waals surface area (Å²) < 4.78 is 2.22. The number of nitrogens with zero attached hydrogens (tertiary/aromatic N) is 1. The molecule has 0 spiro atoms. The van der Waals surface area contributed by atoms with Crippen LogP contribution in [0.5, 0.6) is 0 Å². The lowest BCUT2D eigenvalue weighted by molar-refractivity contribution is 0.245. The van der Waals surface area contributed by atoms with E-state index < -0.39 is 0 Å². The van der Waals surface area contributed by atoms with Crippen molar-refractivity contribution in [2.45, 2.75) is 12.6 Å². The average Bonchev–Trinajstić information content (AvgIpc) is 2.71. The summed E-state index contributed by atoms with van der Waals surface area (Å²) in [5.74, 6) is 0. The molecule has 2 N–H and O–H groups in total. The van der Waals surface area contributed by atoms with E-state index in [4.69, 9.17) is 5.73 Å². The highest BCUT2D eigenvalue weighted by Gasteiger charge is 2.19. The molecular formula is C14H16Br2N2S. The first-order valence-corrected chi connectivity index (χ1v) is 8.41. The topological polar surface area (TPSA) is 29.3 Å². The van der Waals surface area contributed by atoms with Crippen molar-refractivity contribution in [2.24, 2.45) is 5.73 Å². The van der Waals surface area contributed by atoms with Gasteiger partial charge in [-0.05, 0) is 50.5 Å². The van der Waals surface area contributed by atoms with E-state index in [0.29, 0.717) is 6.54 Å². The highest BCUT2D eigenvalue weighted by atomic mass is 79.9. The Hall–Kier alpha value is -0.200. The van der Waals surface area contributed by atoms with Crippen LogP contribution in [0.4, 0.5) is 0 Å². The first kappa shape index (κ1) is 15.2. The first-order chi connectivity index (χ1) is 9.11. The molecule has 0 fully saturated rings. The maximum Gasteiger partial charge on any atom is 0.0843 e. The molecule has 5 heteroatoms. The van der Waals surface area contributed by atoms with Gasteiger partial charge in [-0.3, -0.25) is 4.90 Å². The minimum Gasteiger partial charge on any atom is -0.329 e. The van der Waals surface area contributed by atoms with Crippen LogP contribution in [0.1, 0.15) is 16.5 Å². The van der Waals surface area contributed by atoms with Crippen LogP contribution >= 0.6 is 43.2 Å². The second-order valence-electron chi connectivity index (χ2n) is 4.42. The minimum absolute atomic E-state index is 0.243. The standard InChI is InChI=1S/C14H16Br2N2S/c1-18(9-10-5-3-2-4-6-10)12(8-17)13-7-11(15)14(16)19-13/h2-7,12H,8-9,17H2,1H3. The van der Waals surface area contributed by atoms with E-state index in [1.807, 2.05) is 6.07 Å². The maximum atomic E-state index is 5.95. The van der Waals surface area contributed by atoms with Crippen LogP contribution in [0.3, 0.4) is 0 Å². The van der Waals surface area contributed by atoms with E-state index in [0.717, 1.165) is 14.8 Å². The second-order valence-corrected chi connectivity index (χ2v) is 7.68. The van der Waals surface area contributed by atoms with Gasteiger partial charge < -0.3 is 5.73 Å². The van der Waals surface area contributed by atoms with E-state index in [9.17, 15) is 0 Å². The third-order valence-electron chi connectivity index (χ3n) is 3.02. The number of nitrogens with two attached hydrogens (primary N) is 1. The van der Waals surface area contributed by atoms with E-state index in [2.05, 4.69) is 74.1 Å². The summed E-state index contributed by atoms with van der Waals surface area (Å²) in [6, 6.07) is 12.9. The van der Waals surface area contributed by atoms with Crippen molar-refractivity contribution in [2.75, 3.05) is 13.6 Å². The van der Waals surface area contributed by atoms with E-state index >= 15 is 0 Å². The number of benzene rings is 1. The van der Waals surface area contributed by atoms with Crippen molar-refractivity contribution in [1.29, 1.82) is 0 Å². The molecule has 102 valence electrons. The number of thiophene rings is 1. The zero-order valence-electron chi connectivity index (χ0n) is 10.6. The number of likely N-dealkylation sites (N-methyl/N-ethyl adjacent to an activating group) is 1. The highest BCUT2D eigenvalue weighted by molar-refractivity contribution is 9.13. The number of rotatable bonds is 5. The fourth-order valence-electron chi connectivity index (χ4n) is 2.02. The Labute approximate surface area is 134 Å². The molecule has 0 saturated carbocycles. The third kappa shape index (κ3) is 3.89. The summed E-state index contributed by atoms with van der Waals surface area (Å²) in [7, 11) is 2.12.